The molecule has 1 rings (SSSR count). The second-order valence-electron chi connectivity index (χ2n) is 5.08. The monoisotopic (exact) mass is 168 g/mol. The first-order valence-electron chi connectivity index (χ1n) is 5.45. The first-order chi connectivity index (χ1) is 5.45. The molecule has 0 nitrogen and oxygen atoms in total. The van der Waals surface area contributed by atoms with Gasteiger partial charge in [0.25, 0.3) is 0 Å². The van der Waals surface area contributed by atoms with Crippen molar-refractivity contribution in [2.75, 3.05) is 0 Å². The smallest absolute Gasteiger partial charge is 0.0213 e. The molecule has 0 aromatic rings. The van der Waals surface area contributed by atoms with Crippen molar-refractivity contribution in [2.24, 2.45) is 22.7 Å². The van der Waals surface area contributed by atoms with E-state index in [1.54, 1.807) is 0 Å². The van der Waals surface area contributed by atoms with E-state index in [1.807, 2.05) is 0 Å². The van der Waals surface area contributed by atoms with Crippen molar-refractivity contribution in [3.63, 3.8) is 0 Å². The molecule has 4 atom stereocenters. The van der Waals surface area contributed by atoms with Gasteiger partial charge in [0, 0.05) is 0 Å². The molecule has 0 saturated heterocycles. The molecule has 0 amide bonds. The van der Waals surface area contributed by atoms with Gasteiger partial charge in [-0.1, -0.05) is 48.0 Å². The van der Waals surface area contributed by atoms with Crippen LogP contribution in [-0.4, -0.2) is 0 Å². The zero-order valence-electron chi connectivity index (χ0n) is 9.57. The summed E-state index contributed by atoms with van der Waals surface area (Å²) in [4.78, 5) is 0. The molecule has 1 saturated carbocycles. The molecule has 12 heavy (non-hydrogen) atoms. The molecule has 0 aromatic heterocycles. The summed E-state index contributed by atoms with van der Waals surface area (Å²) in [6, 6.07) is 0. The van der Waals surface area contributed by atoms with Crippen LogP contribution in [0.15, 0.2) is 0 Å². The highest BCUT2D eigenvalue weighted by molar-refractivity contribution is 5.15. The highest BCUT2D eigenvalue weighted by atomic mass is 14.7. The van der Waals surface area contributed by atoms with Gasteiger partial charge < -0.3 is 0 Å². The van der Waals surface area contributed by atoms with Crippen molar-refractivity contribution in [3.05, 3.63) is 0 Å². The molecule has 0 radical (unpaired) electrons. The summed E-state index contributed by atoms with van der Waals surface area (Å²) in [6.07, 6.45) is 2.67. The van der Waals surface area contributed by atoms with Crippen molar-refractivity contribution >= 4 is 0 Å². The largest absolute Gasteiger partial charge is 0.0651 e. The molecular formula is C12H24. The van der Waals surface area contributed by atoms with Crippen LogP contribution in [-0.2, 0) is 0 Å². The Morgan fingerprint density at radius 2 is 1.75 bits per heavy atom. The SMILES string of the molecule is CCC(C)C1(C)C(C)C1(C)CC. The van der Waals surface area contributed by atoms with Crippen molar-refractivity contribution in [1.29, 1.82) is 0 Å². The summed E-state index contributed by atoms with van der Waals surface area (Å²) in [5, 5.41) is 0. The number of rotatable bonds is 3. The van der Waals surface area contributed by atoms with E-state index in [2.05, 4.69) is 41.5 Å². The van der Waals surface area contributed by atoms with Crippen LogP contribution in [0.25, 0.3) is 0 Å². The molecule has 4 unspecified atom stereocenters. The van der Waals surface area contributed by atoms with Crippen LogP contribution >= 0.6 is 0 Å². The maximum Gasteiger partial charge on any atom is -0.0213 e. The first kappa shape index (κ1) is 10.1. The third-order valence-corrected chi connectivity index (χ3v) is 5.37. The van der Waals surface area contributed by atoms with Gasteiger partial charge in [-0.25, -0.2) is 0 Å². The molecule has 0 aromatic carbocycles. The summed E-state index contributed by atoms with van der Waals surface area (Å²) in [6.45, 7) is 14.4. The van der Waals surface area contributed by atoms with Crippen molar-refractivity contribution in [3.8, 4) is 0 Å². The molecule has 1 aliphatic carbocycles. The lowest BCUT2D eigenvalue weighted by Gasteiger charge is -2.23. The van der Waals surface area contributed by atoms with Crippen molar-refractivity contribution in [1.82, 2.24) is 0 Å². The predicted molar refractivity (Wildman–Crippen MR) is 55.1 cm³/mol. The van der Waals surface area contributed by atoms with Gasteiger partial charge >= 0.3 is 0 Å². The van der Waals surface area contributed by atoms with E-state index in [0.717, 1.165) is 11.8 Å². The Morgan fingerprint density at radius 3 is 2.00 bits per heavy atom. The standard InChI is InChI=1S/C12H24/c1-7-9(3)12(6)10(4)11(12,5)8-2/h9-10H,7-8H2,1-6H3. The lowest BCUT2D eigenvalue weighted by molar-refractivity contribution is 0.259. The van der Waals surface area contributed by atoms with Crippen LogP contribution in [0.1, 0.15) is 54.4 Å². The van der Waals surface area contributed by atoms with Crippen LogP contribution in [0.5, 0.6) is 0 Å². The van der Waals surface area contributed by atoms with Crippen LogP contribution in [0, 0.1) is 22.7 Å². The van der Waals surface area contributed by atoms with E-state index in [0.29, 0.717) is 10.8 Å². The predicted octanol–water partition coefficient (Wildman–Crippen LogP) is 4.10. The van der Waals surface area contributed by atoms with Crippen LogP contribution in [0.2, 0.25) is 0 Å². The molecular weight excluding hydrogens is 144 g/mol. The van der Waals surface area contributed by atoms with E-state index in [9.17, 15) is 0 Å². The normalized spacial score (nSPS) is 49.0. The Kier molecular flexibility index (Phi) is 2.31. The molecule has 0 bridgehead atoms. The third kappa shape index (κ3) is 0.900. The zero-order chi connectivity index (χ0) is 9.57. The second kappa shape index (κ2) is 2.75. The molecule has 0 heterocycles. The van der Waals surface area contributed by atoms with Gasteiger partial charge in [0.1, 0.15) is 0 Å². The molecule has 72 valence electrons. The second-order valence-corrected chi connectivity index (χ2v) is 5.08. The lowest BCUT2D eigenvalue weighted by Crippen LogP contribution is -2.15. The molecule has 0 heteroatoms. The van der Waals surface area contributed by atoms with Gasteiger partial charge in [0.2, 0.25) is 0 Å². The minimum absolute atomic E-state index is 0.622. The van der Waals surface area contributed by atoms with Gasteiger partial charge in [-0.3, -0.25) is 0 Å². The molecule has 0 aliphatic heterocycles. The summed E-state index contributed by atoms with van der Waals surface area (Å²) in [5.74, 6) is 1.81. The van der Waals surface area contributed by atoms with E-state index in [-0.39, 0.29) is 0 Å². The van der Waals surface area contributed by atoms with E-state index in [4.69, 9.17) is 0 Å². The summed E-state index contributed by atoms with van der Waals surface area (Å²) >= 11 is 0. The first-order valence-corrected chi connectivity index (χ1v) is 5.45. The number of hydrogen-bond donors (Lipinski definition) is 0. The van der Waals surface area contributed by atoms with Crippen LogP contribution in [0.4, 0.5) is 0 Å². The Bertz CT molecular complexity index is 167. The summed E-state index contributed by atoms with van der Waals surface area (Å²) < 4.78 is 0. The van der Waals surface area contributed by atoms with Gasteiger partial charge in [0.05, 0.1) is 0 Å². The van der Waals surface area contributed by atoms with Crippen molar-refractivity contribution in [2.45, 2.75) is 54.4 Å². The quantitative estimate of drug-likeness (QED) is 0.595. The maximum absolute atomic E-state index is 2.48. The zero-order valence-corrected chi connectivity index (χ0v) is 9.57. The van der Waals surface area contributed by atoms with Crippen LogP contribution in [0.3, 0.4) is 0 Å². The lowest BCUT2D eigenvalue weighted by atomic mass is 9.82. The average molecular weight is 168 g/mol. The fourth-order valence-electron chi connectivity index (χ4n) is 3.28. The Hall–Kier alpha value is 0. The number of hydrogen-bond acceptors (Lipinski definition) is 0. The minimum Gasteiger partial charge on any atom is -0.0651 e. The van der Waals surface area contributed by atoms with Gasteiger partial charge in [0.15, 0.2) is 0 Å². The van der Waals surface area contributed by atoms with Crippen molar-refractivity contribution < 1.29 is 0 Å². The summed E-state index contributed by atoms with van der Waals surface area (Å²) in [5.41, 5.74) is 1.25. The minimum atomic E-state index is 0.622. The Labute approximate surface area is 77.7 Å². The Balaban J connectivity index is 2.77. The molecule has 1 fully saturated rings. The fourth-order valence-corrected chi connectivity index (χ4v) is 3.28. The van der Waals surface area contributed by atoms with E-state index in [1.165, 1.54) is 12.8 Å². The highest BCUT2D eigenvalue weighted by Gasteiger charge is 2.68. The van der Waals surface area contributed by atoms with Gasteiger partial charge in [-0.05, 0) is 29.1 Å². The molecule has 1 aliphatic rings. The molecule has 0 spiro atoms. The van der Waals surface area contributed by atoms with E-state index < -0.39 is 0 Å². The molecule has 0 N–H and O–H groups in total. The fraction of sp³-hybridized carbons (Fsp3) is 1.00. The van der Waals surface area contributed by atoms with E-state index >= 15 is 0 Å². The van der Waals surface area contributed by atoms with Crippen LogP contribution < -0.4 is 0 Å². The maximum atomic E-state index is 2.48. The van der Waals surface area contributed by atoms with Gasteiger partial charge in [-0.2, -0.15) is 0 Å². The Morgan fingerprint density at radius 1 is 1.25 bits per heavy atom. The topological polar surface area (TPSA) is 0 Å². The van der Waals surface area contributed by atoms with Gasteiger partial charge in [-0.15, -0.1) is 0 Å². The summed E-state index contributed by atoms with van der Waals surface area (Å²) in [7, 11) is 0. The third-order valence-electron chi connectivity index (χ3n) is 5.37. The highest BCUT2D eigenvalue weighted by Crippen LogP contribution is 2.74. The average Bonchev–Trinajstić information content (AvgIpc) is 2.53.